The fraction of sp³-hybridized carbons (Fsp3) is 0.824. The van der Waals surface area contributed by atoms with Crippen LogP contribution in [0.1, 0.15) is 68.2 Å². The number of rotatable bonds is 3. The summed E-state index contributed by atoms with van der Waals surface area (Å²) in [4.78, 5) is 18.0. The van der Waals surface area contributed by atoms with Crippen molar-refractivity contribution in [1.29, 1.82) is 0 Å². The van der Waals surface area contributed by atoms with Crippen LogP contribution in [-0.2, 0) is 14.4 Å². The van der Waals surface area contributed by atoms with E-state index in [-0.39, 0.29) is 28.8 Å². The topological polar surface area (TPSA) is 38.8 Å². The van der Waals surface area contributed by atoms with Gasteiger partial charge in [-0.15, -0.1) is 0 Å². The van der Waals surface area contributed by atoms with Crippen LogP contribution in [0.4, 0.5) is 0 Å². The first-order valence-corrected chi connectivity index (χ1v) is 7.61. The molecule has 1 fully saturated rings. The Balaban J connectivity index is 2.92. The van der Waals surface area contributed by atoms with E-state index >= 15 is 0 Å². The van der Waals surface area contributed by atoms with Gasteiger partial charge in [-0.05, 0) is 55.4 Å². The van der Waals surface area contributed by atoms with Crippen molar-refractivity contribution in [3.63, 3.8) is 0 Å². The molecule has 0 aliphatic carbocycles. The van der Waals surface area contributed by atoms with E-state index in [1.165, 1.54) is 0 Å². The van der Waals surface area contributed by atoms with E-state index in [9.17, 15) is 4.79 Å². The summed E-state index contributed by atoms with van der Waals surface area (Å²) in [5.41, 5.74) is -0.237. The van der Waals surface area contributed by atoms with Crippen molar-refractivity contribution < 1.29 is 14.4 Å². The first-order valence-electron chi connectivity index (χ1n) is 7.61. The van der Waals surface area contributed by atoms with Gasteiger partial charge in [-0.2, -0.15) is 5.06 Å². The number of hydrogen-bond donors (Lipinski definition) is 0. The van der Waals surface area contributed by atoms with E-state index < -0.39 is 0 Å². The number of nitrogens with zero attached hydrogens (tertiary/aromatic N) is 1. The Morgan fingerprint density at radius 1 is 1.14 bits per heavy atom. The van der Waals surface area contributed by atoms with Crippen LogP contribution in [0.25, 0.3) is 0 Å². The Hall–Kier alpha value is -0.870. The average Bonchev–Trinajstić information content (AvgIpc) is 2.21. The summed E-state index contributed by atoms with van der Waals surface area (Å²) < 4.78 is 5.58. The van der Waals surface area contributed by atoms with Crippen LogP contribution in [-0.4, -0.2) is 33.8 Å². The molecule has 0 saturated carbocycles. The SMILES string of the molecule is C=C(C)C(=O)OC1CC(C)(C)N(OC(C)(C)C)C(C)(C)C1. The smallest absolute Gasteiger partial charge is 0.333 e. The maximum Gasteiger partial charge on any atom is 0.333 e. The number of esters is 1. The molecular formula is C17H31NO3. The first-order chi connectivity index (χ1) is 9.24. The number of carbonyl (C=O) groups excluding carboxylic acids is 1. The molecule has 0 aromatic rings. The van der Waals surface area contributed by atoms with Gasteiger partial charge in [0.15, 0.2) is 0 Å². The summed E-state index contributed by atoms with van der Waals surface area (Å²) in [6, 6.07) is 0. The van der Waals surface area contributed by atoms with E-state index in [0.717, 1.165) is 12.8 Å². The minimum atomic E-state index is -0.309. The molecule has 0 amide bonds. The summed E-state index contributed by atoms with van der Waals surface area (Å²) in [5, 5.41) is 2.07. The number of hydroxylamine groups is 2. The van der Waals surface area contributed by atoms with Crippen LogP contribution in [0.15, 0.2) is 12.2 Å². The molecule has 0 N–H and O–H groups in total. The standard InChI is InChI=1S/C17H31NO3/c1-12(2)14(19)20-13-10-16(6,7)18(17(8,9)11-13)21-15(3,4)5/h13H,1,10-11H2,2-9H3. The van der Waals surface area contributed by atoms with Gasteiger partial charge in [0, 0.05) is 29.5 Å². The molecule has 0 atom stereocenters. The molecule has 21 heavy (non-hydrogen) atoms. The quantitative estimate of drug-likeness (QED) is 0.586. The molecule has 4 heteroatoms. The van der Waals surface area contributed by atoms with E-state index in [2.05, 4.69) is 39.3 Å². The summed E-state index contributed by atoms with van der Waals surface area (Å²) in [7, 11) is 0. The predicted molar refractivity (Wildman–Crippen MR) is 84.8 cm³/mol. The Morgan fingerprint density at radius 2 is 1.57 bits per heavy atom. The number of hydrogen-bond acceptors (Lipinski definition) is 4. The van der Waals surface area contributed by atoms with Crippen molar-refractivity contribution in [3.8, 4) is 0 Å². The number of piperidine rings is 1. The highest BCUT2D eigenvalue weighted by Gasteiger charge is 2.49. The fourth-order valence-electron chi connectivity index (χ4n) is 3.03. The average molecular weight is 297 g/mol. The van der Waals surface area contributed by atoms with Crippen molar-refractivity contribution in [2.75, 3.05) is 0 Å². The third-order valence-corrected chi connectivity index (χ3v) is 3.54. The molecule has 0 spiro atoms. The van der Waals surface area contributed by atoms with Gasteiger partial charge in [0.2, 0.25) is 0 Å². The lowest BCUT2D eigenvalue weighted by Crippen LogP contribution is -2.63. The third-order valence-electron chi connectivity index (χ3n) is 3.54. The number of carbonyl (C=O) groups is 1. The molecule has 0 unspecified atom stereocenters. The highest BCUT2D eigenvalue weighted by Crippen LogP contribution is 2.41. The molecule has 1 saturated heterocycles. The largest absolute Gasteiger partial charge is 0.459 e. The van der Waals surface area contributed by atoms with Crippen LogP contribution < -0.4 is 0 Å². The van der Waals surface area contributed by atoms with Gasteiger partial charge in [-0.25, -0.2) is 4.79 Å². The third kappa shape index (κ3) is 4.82. The zero-order valence-corrected chi connectivity index (χ0v) is 14.9. The van der Waals surface area contributed by atoms with E-state index in [1.807, 2.05) is 20.8 Å². The van der Waals surface area contributed by atoms with Crippen molar-refractivity contribution in [2.45, 2.75) is 91.0 Å². The molecule has 4 nitrogen and oxygen atoms in total. The molecule has 0 radical (unpaired) electrons. The maximum absolute atomic E-state index is 11.8. The van der Waals surface area contributed by atoms with Crippen LogP contribution in [0, 0.1) is 0 Å². The molecule has 1 aliphatic heterocycles. The van der Waals surface area contributed by atoms with E-state index in [0.29, 0.717) is 5.57 Å². The van der Waals surface area contributed by atoms with Gasteiger partial charge in [-0.3, -0.25) is 4.84 Å². The predicted octanol–water partition coefficient (Wildman–Crippen LogP) is 3.86. The highest BCUT2D eigenvalue weighted by atomic mass is 16.7. The van der Waals surface area contributed by atoms with Crippen molar-refractivity contribution in [1.82, 2.24) is 5.06 Å². The van der Waals surface area contributed by atoms with Crippen LogP contribution in [0.2, 0.25) is 0 Å². The van der Waals surface area contributed by atoms with Gasteiger partial charge in [0.25, 0.3) is 0 Å². The summed E-state index contributed by atoms with van der Waals surface area (Å²) >= 11 is 0. The van der Waals surface area contributed by atoms with Crippen LogP contribution in [0.5, 0.6) is 0 Å². The summed E-state index contributed by atoms with van der Waals surface area (Å²) in [5.74, 6) is -0.309. The van der Waals surface area contributed by atoms with Crippen molar-refractivity contribution in [2.24, 2.45) is 0 Å². The van der Waals surface area contributed by atoms with Gasteiger partial charge in [-0.1, -0.05) is 6.58 Å². The Bertz CT molecular complexity index is 400. The Morgan fingerprint density at radius 3 is 1.90 bits per heavy atom. The Kier molecular flexibility index (Phi) is 4.96. The second kappa shape index (κ2) is 5.73. The molecule has 122 valence electrons. The lowest BCUT2D eigenvalue weighted by atomic mass is 9.80. The molecule has 0 aromatic heterocycles. The van der Waals surface area contributed by atoms with Gasteiger partial charge < -0.3 is 4.74 Å². The second-order valence-corrected chi connectivity index (χ2v) is 8.34. The summed E-state index contributed by atoms with van der Waals surface area (Å²) in [6.07, 6.45) is 1.37. The summed E-state index contributed by atoms with van der Waals surface area (Å²) in [6.45, 7) is 20.0. The Labute approximate surface area is 129 Å². The van der Waals surface area contributed by atoms with Gasteiger partial charge in [0.05, 0.1) is 5.60 Å². The lowest BCUT2D eigenvalue weighted by Gasteiger charge is -2.55. The van der Waals surface area contributed by atoms with Crippen molar-refractivity contribution in [3.05, 3.63) is 12.2 Å². The number of ether oxygens (including phenoxy) is 1. The normalized spacial score (nSPS) is 22.9. The molecule has 1 aliphatic rings. The monoisotopic (exact) mass is 297 g/mol. The van der Waals surface area contributed by atoms with Crippen molar-refractivity contribution >= 4 is 5.97 Å². The van der Waals surface area contributed by atoms with Crippen LogP contribution >= 0.6 is 0 Å². The molecule has 0 aromatic carbocycles. The lowest BCUT2D eigenvalue weighted by molar-refractivity contribution is -0.333. The van der Waals surface area contributed by atoms with E-state index in [1.54, 1.807) is 6.92 Å². The highest BCUT2D eigenvalue weighted by molar-refractivity contribution is 5.87. The van der Waals surface area contributed by atoms with E-state index in [4.69, 9.17) is 9.57 Å². The fourth-order valence-corrected chi connectivity index (χ4v) is 3.03. The minimum absolute atomic E-state index is 0.112. The minimum Gasteiger partial charge on any atom is -0.459 e. The zero-order valence-electron chi connectivity index (χ0n) is 14.9. The molecule has 1 rings (SSSR count). The van der Waals surface area contributed by atoms with Crippen LogP contribution in [0.3, 0.4) is 0 Å². The maximum atomic E-state index is 11.8. The molecule has 1 heterocycles. The van der Waals surface area contributed by atoms with Gasteiger partial charge in [0.1, 0.15) is 6.10 Å². The van der Waals surface area contributed by atoms with Gasteiger partial charge >= 0.3 is 5.97 Å². The zero-order chi connectivity index (χ0) is 16.6. The molecular weight excluding hydrogens is 266 g/mol. The molecule has 0 bridgehead atoms. The first kappa shape index (κ1) is 18.2. The second-order valence-electron chi connectivity index (χ2n) is 8.34.